The summed E-state index contributed by atoms with van der Waals surface area (Å²) in [4.78, 5) is 0. The third-order valence-corrected chi connectivity index (χ3v) is 10.7. The highest BCUT2D eigenvalue weighted by Crippen LogP contribution is 2.59. The topological polar surface area (TPSA) is 64.8 Å². The van der Waals surface area contributed by atoms with Gasteiger partial charge in [-0.3, -0.25) is 0 Å². The van der Waals surface area contributed by atoms with E-state index in [1.165, 1.54) is 12.1 Å². The van der Waals surface area contributed by atoms with Crippen LogP contribution in [0.1, 0.15) is 77.1 Å². The number of alkyl halides is 3. The summed E-state index contributed by atoms with van der Waals surface area (Å²) in [5.74, 6) is 1.17. The van der Waals surface area contributed by atoms with Gasteiger partial charge in [0.15, 0.2) is 15.7 Å². The van der Waals surface area contributed by atoms with E-state index in [-0.39, 0.29) is 28.0 Å². The van der Waals surface area contributed by atoms with Crippen LogP contribution in [0.3, 0.4) is 0 Å². The normalized spacial score (nSPS) is 26.0. The van der Waals surface area contributed by atoms with Gasteiger partial charge >= 0.3 is 6.18 Å². The molecule has 1 heterocycles. The first-order chi connectivity index (χ1) is 15.2. The molecule has 0 aliphatic heterocycles. The number of aromatic nitrogens is 3. The molecule has 1 aromatic carbocycles. The standard InChI is InChI=1S/C24H32F3N3O2S/c1-21(2,3)33(31,32)16-15-22-9-12-23(13-10-22,14-11-22)20-29-28-19(30(20)4)17-7-5-6-8-18(17)24(25,26)27/h5-8H,9-16H2,1-4H3. The van der Waals surface area contributed by atoms with E-state index in [4.69, 9.17) is 0 Å². The summed E-state index contributed by atoms with van der Waals surface area (Å²) >= 11 is 0. The van der Waals surface area contributed by atoms with E-state index < -0.39 is 26.3 Å². The van der Waals surface area contributed by atoms with Gasteiger partial charge in [0.05, 0.1) is 16.1 Å². The van der Waals surface area contributed by atoms with Crippen LogP contribution in [0.2, 0.25) is 0 Å². The Bertz CT molecular complexity index is 1120. The van der Waals surface area contributed by atoms with Gasteiger partial charge < -0.3 is 4.57 Å². The quantitative estimate of drug-likeness (QED) is 0.548. The molecule has 182 valence electrons. The maximum absolute atomic E-state index is 13.5. The number of benzene rings is 1. The molecule has 9 heteroatoms. The van der Waals surface area contributed by atoms with Crippen LogP contribution in [-0.2, 0) is 28.5 Å². The van der Waals surface area contributed by atoms with Crippen molar-refractivity contribution in [1.82, 2.24) is 14.8 Å². The van der Waals surface area contributed by atoms with Gasteiger partial charge in [-0.15, -0.1) is 10.2 Å². The fraction of sp³-hybridized carbons (Fsp3) is 0.667. The van der Waals surface area contributed by atoms with Crippen molar-refractivity contribution in [2.45, 2.75) is 82.1 Å². The number of halogens is 3. The second kappa shape index (κ2) is 7.82. The fourth-order valence-electron chi connectivity index (χ4n) is 5.58. The molecular weight excluding hydrogens is 451 g/mol. The Morgan fingerprint density at radius 1 is 0.970 bits per heavy atom. The second-order valence-electron chi connectivity index (χ2n) is 10.9. The lowest BCUT2D eigenvalue weighted by Gasteiger charge is -2.53. The Kier molecular flexibility index (Phi) is 5.74. The van der Waals surface area contributed by atoms with E-state index in [9.17, 15) is 21.6 Å². The number of nitrogens with zero attached hydrogens (tertiary/aromatic N) is 3. The Morgan fingerprint density at radius 2 is 1.55 bits per heavy atom. The largest absolute Gasteiger partial charge is 0.417 e. The van der Waals surface area contributed by atoms with Gasteiger partial charge in [-0.25, -0.2) is 8.42 Å². The molecule has 0 spiro atoms. The summed E-state index contributed by atoms with van der Waals surface area (Å²) in [5, 5.41) is 8.59. The van der Waals surface area contributed by atoms with Crippen LogP contribution in [0.15, 0.2) is 24.3 Å². The molecule has 3 aliphatic rings. The molecule has 0 N–H and O–H groups in total. The van der Waals surface area contributed by atoms with E-state index in [1.54, 1.807) is 38.5 Å². The Balaban J connectivity index is 1.56. The van der Waals surface area contributed by atoms with Crippen molar-refractivity contribution in [3.8, 4) is 11.4 Å². The van der Waals surface area contributed by atoms with Crippen LogP contribution in [0.25, 0.3) is 11.4 Å². The highest BCUT2D eigenvalue weighted by molar-refractivity contribution is 7.92. The molecule has 3 saturated carbocycles. The smallest absolute Gasteiger partial charge is 0.314 e. The van der Waals surface area contributed by atoms with Crippen molar-refractivity contribution >= 4 is 9.84 Å². The van der Waals surface area contributed by atoms with Gasteiger partial charge in [0.2, 0.25) is 0 Å². The minimum Gasteiger partial charge on any atom is -0.314 e. The molecule has 0 atom stereocenters. The Hall–Kier alpha value is -1.90. The number of fused-ring (bicyclic) bond motifs is 3. The molecule has 0 amide bonds. The predicted octanol–water partition coefficient (Wildman–Crippen LogP) is 5.70. The van der Waals surface area contributed by atoms with Crippen LogP contribution in [0.5, 0.6) is 0 Å². The lowest BCUT2D eigenvalue weighted by Crippen LogP contribution is -2.46. The maximum Gasteiger partial charge on any atom is 0.417 e. The molecule has 0 unspecified atom stereocenters. The maximum atomic E-state index is 13.5. The van der Waals surface area contributed by atoms with E-state index in [0.29, 0.717) is 6.42 Å². The van der Waals surface area contributed by atoms with E-state index >= 15 is 0 Å². The monoisotopic (exact) mass is 483 g/mol. The highest BCUT2D eigenvalue weighted by Gasteiger charge is 2.52. The van der Waals surface area contributed by atoms with Gasteiger partial charge in [-0.2, -0.15) is 13.2 Å². The molecule has 5 nitrogen and oxygen atoms in total. The first kappa shape index (κ1) is 24.2. The fourth-order valence-corrected chi connectivity index (χ4v) is 6.90. The Labute approximate surface area is 193 Å². The molecule has 1 aromatic heterocycles. The Morgan fingerprint density at radius 3 is 2.09 bits per heavy atom. The molecule has 0 saturated heterocycles. The van der Waals surface area contributed by atoms with Crippen molar-refractivity contribution in [2.75, 3.05) is 5.75 Å². The molecule has 3 aliphatic carbocycles. The number of sulfone groups is 1. The summed E-state index contributed by atoms with van der Waals surface area (Å²) in [5.41, 5.74) is -0.853. The molecule has 5 rings (SSSR count). The highest BCUT2D eigenvalue weighted by atomic mass is 32.2. The third-order valence-electron chi connectivity index (χ3n) is 8.06. The number of rotatable bonds is 5. The molecular formula is C24H32F3N3O2S. The molecule has 2 aromatic rings. The van der Waals surface area contributed by atoms with Crippen LogP contribution < -0.4 is 0 Å². The van der Waals surface area contributed by atoms with Crippen molar-refractivity contribution < 1.29 is 21.6 Å². The number of hydrogen-bond acceptors (Lipinski definition) is 4. The van der Waals surface area contributed by atoms with Crippen LogP contribution in [0, 0.1) is 5.41 Å². The summed E-state index contributed by atoms with van der Waals surface area (Å²) < 4.78 is 66.9. The van der Waals surface area contributed by atoms with E-state index in [1.807, 2.05) is 0 Å². The predicted molar refractivity (Wildman–Crippen MR) is 121 cm³/mol. The summed E-state index contributed by atoms with van der Waals surface area (Å²) in [7, 11) is -1.42. The van der Waals surface area contributed by atoms with Gasteiger partial charge in [0, 0.05) is 18.0 Å². The zero-order valence-electron chi connectivity index (χ0n) is 19.7. The zero-order valence-corrected chi connectivity index (χ0v) is 20.5. The second-order valence-corrected chi connectivity index (χ2v) is 13.8. The first-order valence-electron chi connectivity index (χ1n) is 11.5. The summed E-state index contributed by atoms with van der Waals surface area (Å²) in [6, 6.07) is 5.47. The van der Waals surface area contributed by atoms with E-state index in [0.717, 1.165) is 50.4 Å². The van der Waals surface area contributed by atoms with Gasteiger partial charge in [0.1, 0.15) is 5.82 Å². The van der Waals surface area contributed by atoms with Gasteiger partial charge in [-0.05, 0) is 77.2 Å². The summed E-state index contributed by atoms with van der Waals surface area (Å²) in [6.45, 7) is 5.24. The summed E-state index contributed by atoms with van der Waals surface area (Å²) in [6.07, 6.45) is 1.51. The molecule has 33 heavy (non-hydrogen) atoms. The van der Waals surface area contributed by atoms with Crippen LogP contribution in [-0.4, -0.2) is 33.7 Å². The zero-order chi connectivity index (χ0) is 24.3. The lowest BCUT2D eigenvalue weighted by molar-refractivity contribution is -0.137. The van der Waals surface area contributed by atoms with E-state index in [2.05, 4.69) is 10.2 Å². The van der Waals surface area contributed by atoms with Crippen molar-refractivity contribution in [1.29, 1.82) is 0 Å². The average Bonchev–Trinajstić information content (AvgIpc) is 3.14. The molecule has 0 radical (unpaired) electrons. The minimum absolute atomic E-state index is 0.0321. The van der Waals surface area contributed by atoms with Crippen molar-refractivity contribution in [2.24, 2.45) is 12.5 Å². The first-order valence-corrected chi connectivity index (χ1v) is 13.1. The van der Waals surface area contributed by atoms with Gasteiger partial charge in [-0.1, -0.05) is 18.2 Å². The van der Waals surface area contributed by atoms with Crippen molar-refractivity contribution in [3.63, 3.8) is 0 Å². The SMILES string of the molecule is Cn1c(-c2ccccc2C(F)(F)F)nnc1C12CCC(CCS(=O)(=O)C(C)(C)C)(CC1)CC2. The molecule has 2 bridgehead atoms. The molecule has 3 fully saturated rings. The third kappa shape index (κ3) is 4.21. The van der Waals surface area contributed by atoms with Crippen LogP contribution in [0.4, 0.5) is 13.2 Å². The van der Waals surface area contributed by atoms with Gasteiger partial charge in [0.25, 0.3) is 0 Å². The number of hydrogen-bond donors (Lipinski definition) is 0. The minimum atomic E-state index is -4.47. The van der Waals surface area contributed by atoms with Crippen molar-refractivity contribution in [3.05, 3.63) is 35.7 Å². The van der Waals surface area contributed by atoms with Crippen LogP contribution >= 0.6 is 0 Å². The lowest BCUT2D eigenvalue weighted by atomic mass is 9.52. The average molecular weight is 484 g/mol.